The molecule has 1 aliphatic rings. The minimum absolute atomic E-state index is 0.225. The Labute approximate surface area is 87.8 Å². The van der Waals surface area contributed by atoms with E-state index in [-0.39, 0.29) is 12.3 Å². The first kappa shape index (κ1) is 11.5. The first-order valence-corrected chi connectivity index (χ1v) is 4.71. The molecule has 6 nitrogen and oxygen atoms in total. The molecular formula is C9H14N2O4. The van der Waals surface area contributed by atoms with E-state index in [4.69, 9.17) is 0 Å². The first-order valence-electron chi connectivity index (χ1n) is 4.71. The van der Waals surface area contributed by atoms with Gasteiger partial charge in [0, 0.05) is 26.2 Å². The van der Waals surface area contributed by atoms with E-state index in [1.807, 2.05) is 0 Å². The molecule has 1 fully saturated rings. The highest BCUT2D eigenvalue weighted by atomic mass is 16.5. The van der Waals surface area contributed by atoms with Gasteiger partial charge in [-0.15, -0.1) is 0 Å². The highest BCUT2D eigenvalue weighted by Crippen LogP contribution is 2.02. The van der Waals surface area contributed by atoms with Gasteiger partial charge in [-0.25, -0.2) is 0 Å². The lowest BCUT2D eigenvalue weighted by molar-refractivity contribution is -0.148. The molecule has 1 aliphatic heterocycles. The molecule has 1 heterocycles. The van der Waals surface area contributed by atoms with Gasteiger partial charge in [0.05, 0.1) is 7.11 Å². The van der Waals surface area contributed by atoms with Crippen molar-refractivity contribution in [2.45, 2.75) is 6.42 Å². The predicted molar refractivity (Wildman–Crippen MR) is 50.9 cm³/mol. The number of carbonyl (C=O) groups excluding carboxylic acids is 3. The molecule has 0 aromatic rings. The van der Waals surface area contributed by atoms with Gasteiger partial charge in [0.15, 0.2) is 0 Å². The third kappa shape index (κ3) is 3.23. The number of hydrogen-bond acceptors (Lipinski definition) is 4. The van der Waals surface area contributed by atoms with Crippen LogP contribution in [0.1, 0.15) is 6.42 Å². The number of hydrogen-bond donors (Lipinski definition) is 0. The summed E-state index contributed by atoms with van der Waals surface area (Å²) < 4.78 is 4.40. The summed E-state index contributed by atoms with van der Waals surface area (Å²) >= 11 is 0. The van der Waals surface area contributed by atoms with E-state index in [0.717, 1.165) is 6.41 Å². The zero-order valence-electron chi connectivity index (χ0n) is 8.64. The number of amides is 2. The molecule has 1 rings (SSSR count). The zero-order valence-corrected chi connectivity index (χ0v) is 8.64. The highest BCUT2D eigenvalue weighted by molar-refractivity contribution is 5.94. The molecular weight excluding hydrogens is 200 g/mol. The average molecular weight is 214 g/mol. The SMILES string of the molecule is COC(=O)CC(=O)N1CCN(C=O)CC1. The molecule has 84 valence electrons. The van der Waals surface area contributed by atoms with Gasteiger partial charge in [-0.3, -0.25) is 14.4 Å². The Morgan fingerprint density at radius 1 is 1.27 bits per heavy atom. The number of rotatable bonds is 3. The summed E-state index contributed by atoms with van der Waals surface area (Å²) in [7, 11) is 1.25. The third-order valence-corrected chi connectivity index (χ3v) is 2.34. The smallest absolute Gasteiger partial charge is 0.315 e. The summed E-state index contributed by atoms with van der Waals surface area (Å²) in [5.74, 6) is -0.773. The fourth-order valence-electron chi connectivity index (χ4n) is 1.38. The predicted octanol–water partition coefficient (Wildman–Crippen LogP) is -1.15. The quantitative estimate of drug-likeness (QED) is 0.338. The van der Waals surface area contributed by atoms with Crippen molar-refractivity contribution in [2.75, 3.05) is 33.3 Å². The Hall–Kier alpha value is -1.59. The van der Waals surface area contributed by atoms with Crippen LogP contribution in [0.5, 0.6) is 0 Å². The highest BCUT2D eigenvalue weighted by Gasteiger charge is 2.21. The minimum Gasteiger partial charge on any atom is -0.469 e. The van der Waals surface area contributed by atoms with E-state index in [9.17, 15) is 14.4 Å². The van der Waals surface area contributed by atoms with Gasteiger partial charge in [0.25, 0.3) is 0 Å². The lowest BCUT2D eigenvalue weighted by atomic mass is 10.3. The Kier molecular flexibility index (Phi) is 4.08. The molecule has 0 aromatic heterocycles. The van der Waals surface area contributed by atoms with Gasteiger partial charge in [-0.1, -0.05) is 0 Å². The molecule has 0 atom stereocenters. The lowest BCUT2D eigenvalue weighted by Crippen LogP contribution is -2.48. The molecule has 0 bridgehead atoms. The summed E-state index contributed by atoms with van der Waals surface area (Å²) in [6.07, 6.45) is 0.541. The van der Waals surface area contributed by atoms with Gasteiger partial charge in [0.2, 0.25) is 12.3 Å². The van der Waals surface area contributed by atoms with E-state index in [2.05, 4.69) is 4.74 Å². The lowest BCUT2D eigenvalue weighted by Gasteiger charge is -2.32. The second-order valence-electron chi connectivity index (χ2n) is 3.28. The van der Waals surface area contributed by atoms with Crippen molar-refractivity contribution >= 4 is 18.3 Å². The molecule has 0 aromatic carbocycles. The number of methoxy groups -OCH3 is 1. The second-order valence-corrected chi connectivity index (χ2v) is 3.28. The molecule has 0 aliphatic carbocycles. The summed E-state index contributed by atoms with van der Waals surface area (Å²) in [6.45, 7) is 2.01. The van der Waals surface area contributed by atoms with Crippen molar-refractivity contribution in [3.8, 4) is 0 Å². The first-order chi connectivity index (χ1) is 7.17. The average Bonchev–Trinajstić information content (AvgIpc) is 2.29. The third-order valence-electron chi connectivity index (χ3n) is 2.34. The summed E-state index contributed by atoms with van der Waals surface area (Å²) in [5, 5.41) is 0. The summed E-state index contributed by atoms with van der Waals surface area (Å²) in [6, 6.07) is 0. The fourth-order valence-corrected chi connectivity index (χ4v) is 1.38. The van der Waals surface area contributed by atoms with Crippen LogP contribution in [0.4, 0.5) is 0 Å². The normalized spacial score (nSPS) is 16.1. The minimum atomic E-state index is -0.530. The van der Waals surface area contributed by atoms with Crippen LogP contribution in [0.3, 0.4) is 0 Å². The van der Waals surface area contributed by atoms with E-state index in [0.29, 0.717) is 26.2 Å². The van der Waals surface area contributed by atoms with Crippen LogP contribution >= 0.6 is 0 Å². The van der Waals surface area contributed by atoms with E-state index in [1.165, 1.54) is 7.11 Å². The van der Waals surface area contributed by atoms with Crippen molar-refractivity contribution < 1.29 is 19.1 Å². The maximum absolute atomic E-state index is 11.5. The Balaban J connectivity index is 2.36. The number of esters is 1. The van der Waals surface area contributed by atoms with Crippen molar-refractivity contribution in [1.82, 2.24) is 9.80 Å². The number of piperazine rings is 1. The van der Waals surface area contributed by atoms with Gasteiger partial charge in [0.1, 0.15) is 6.42 Å². The zero-order chi connectivity index (χ0) is 11.3. The molecule has 0 spiro atoms. The molecule has 0 N–H and O–H groups in total. The molecule has 2 amide bonds. The topological polar surface area (TPSA) is 66.9 Å². The van der Waals surface area contributed by atoms with Crippen LogP contribution in [0.25, 0.3) is 0 Å². The number of ether oxygens (including phenoxy) is 1. The van der Waals surface area contributed by atoms with Gasteiger partial charge < -0.3 is 14.5 Å². The van der Waals surface area contributed by atoms with Crippen molar-refractivity contribution in [2.24, 2.45) is 0 Å². The Morgan fingerprint density at radius 2 is 1.87 bits per heavy atom. The van der Waals surface area contributed by atoms with E-state index >= 15 is 0 Å². The summed E-state index contributed by atoms with van der Waals surface area (Å²) in [5.41, 5.74) is 0. The van der Waals surface area contributed by atoms with E-state index < -0.39 is 5.97 Å². The van der Waals surface area contributed by atoms with Crippen LogP contribution < -0.4 is 0 Å². The number of carbonyl (C=O) groups is 3. The Bertz CT molecular complexity index is 259. The molecule has 6 heteroatoms. The van der Waals surface area contributed by atoms with Crippen molar-refractivity contribution in [3.05, 3.63) is 0 Å². The standard InChI is InChI=1S/C9H14N2O4/c1-15-9(14)6-8(13)11-4-2-10(7-12)3-5-11/h7H,2-6H2,1H3. The maximum Gasteiger partial charge on any atom is 0.315 e. The van der Waals surface area contributed by atoms with Crippen molar-refractivity contribution in [3.63, 3.8) is 0 Å². The second kappa shape index (κ2) is 5.33. The van der Waals surface area contributed by atoms with Gasteiger partial charge >= 0.3 is 5.97 Å². The van der Waals surface area contributed by atoms with Crippen LogP contribution in [-0.4, -0.2) is 61.4 Å². The number of nitrogens with zero attached hydrogens (tertiary/aromatic N) is 2. The Morgan fingerprint density at radius 3 is 2.33 bits per heavy atom. The molecule has 0 unspecified atom stereocenters. The summed E-state index contributed by atoms with van der Waals surface area (Å²) in [4.78, 5) is 35.9. The van der Waals surface area contributed by atoms with Gasteiger partial charge in [-0.05, 0) is 0 Å². The molecule has 0 radical (unpaired) electrons. The maximum atomic E-state index is 11.5. The van der Waals surface area contributed by atoms with Crippen LogP contribution in [0, 0.1) is 0 Å². The largest absolute Gasteiger partial charge is 0.469 e. The molecule has 0 saturated carbocycles. The van der Waals surface area contributed by atoms with Crippen molar-refractivity contribution in [1.29, 1.82) is 0 Å². The monoisotopic (exact) mass is 214 g/mol. The van der Waals surface area contributed by atoms with Crippen LogP contribution in [0.2, 0.25) is 0 Å². The van der Waals surface area contributed by atoms with Crippen LogP contribution in [0.15, 0.2) is 0 Å². The molecule has 15 heavy (non-hydrogen) atoms. The molecule has 1 saturated heterocycles. The van der Waals surface area contributed by atoms with Crippen LogP contribution in [-0.2, 0) is 19.1 Å². The van der Waals surface area contributed by atoms with E-state index in [1.54, 1.807) is 9.80 Å². The fraction of sp³-hybridized carbons (Fsp3) is 0.667. The van der Waals surface area contributed by atoms with Gasteiger partial charge in [-0.2, -0.15) is 0 Å².